The summed E-state index contributed by atoms with van der Waals surface area (Å²) in [6.07, 6.45) is 0. The van der Waals surface area contributed by atoms with Crippen LogP contribution in [-0.4, -0.2) is 7.11 Å². The molecule has 2 aromatic carbocycles. The van der Waals surface area contributed by atoms with Crippen LogP contribution in [0.1, 0.15) is 5.56 Å². The minimum Gasteiger partial charge on any atom is -0.496 e. The van der Waals surface area contributed by atoms with Crippen LogP contribution < -0.4 is 10.1 Å². The van der Waals surface area contributed by atoms with Crippen molar-refractivity contribution in [1.29, 1.82) is 0 Å². The molecule has 0 unspecified atom stereocenters. The number of ether oxygens (including phenoxy) is 1. The zero-order valence-corrected chi connectivity index (χ0v) is 10.2. The molecular formula is C14H12F3NO. The van der Waals surface area contributed by atoms with Crippen molar-refractivity contribution in [3.8, 4) is 5.75 Å². The topological polar surface area (TPSA) is 21.3 Å². The summed E-state index contributed by atoms with van der Waals surface area (Å²) in [6.45, 7) is 0.198. The van der Waals surface area contributed by atoms with Crippen LogP contribution in [0.25, 0.3) is 0 Å². The predicted octanol–water partition coefficient (Wildman–Crippen LogP) is 3.72. The maximum absolute atomic E-state index is 13.4. The molecule has 2 aromatic rings. The van der Waals surface area contributed by atoms with Gasteiger partial charge in [-0.3, -0.25) is 0 Å². The maximum Gasteiger partial charge on any atom is 0.182 e. The fourth-order valence-corrected chi connectivity index (χ4v) is 1.72. The number of anilines is 1. The predicted molar refractivity (Wildman–Crippen MR) is 66.6 cm³/mol. The number of hydrogen-bond acceptors (Lipinski definition) is 2. The summed E-state index contributed by atoms with van der Waals surface area (Å²) in [5, 5.41) is 2.65. The Hall–Kier alpha value is -2.17. The Morgan fingerprint density at radius 2 is 1.84 bits per heavy atom. The van der Waals surface area contributed by atoms with Crippen molar-refractivity contribution < 1.29 is 17.9 Å². The van der Waals surface area contributed by atoms with Gasteiger partial charge in [-0.05, 0) is 6.07 Å². The first-order valence-electron chi connectivity index (χ1n) is 5.62. The third-order valence-electron chi connectivity index (χ3n) is 2.65. The van der Waals surface area contributed by atoms with E-state index in [1.54, 1.807) is 24.3 Å². The summed E-state index contributed by atoms with van der Waals surface area (Å²) < 4.78 is 44.6. The summed E-state index contributed by atoms with van der Waals surface area (Å²) >= 11 is 0. The number of rotatable bonds is 4. The molecule has 0 aliphatic rings. The first kappa shape index (κ1) is 13.3. The van der Waals surface area contributed by atoms with E-state index in [-0.39, 0.29) is 12.2 Å². The Bertz CT molecular complexity index is 587. The van der Waals surface area contributed by atoms with Crippen molar-refractivity contribution in [2.75, 3.05) is 12.4 Å². The van der Waals surface area contributed by atoms with Crippen LogP contribution in [0.15, 0.2) is 36.4 Å². The summed E-state index contributed by atoms with van der Waals surface area (Å²) in [6, 6.07) is 8.53. The van der Waals surface area contributed by atoms with Crippen LogP contribution in [0.5, 0.6) is 5.75 Å². The van der Waals surface area contributed by atoms with E-state index >= 15 is 0 Å². The van der Waals surface area contributed by atoms with E-state index in [0.717, 1.165) is 11.6 Å². The molecule has 0 aromatic heterocycles. The van der Waals surface area contributed by atoms with Gasteiger partial charge >= 0.3 is 0 Å². The molecule has 2 nitrogen and oxygen atoms in total. The van der Waals surface area contributed by atoms with Crippen LogP contribution in [0.2, 0.25) is 0 Å². The second-order valence-electron chi connectivity index (χ2n) is 3.91. The van der Waals surface area contributed by atoms with Gasteiger partial charge in [0.25, 0.3) is 0 Å². The number of methoxy groups -OCH3 is 1. The van der Waals surface area contributed by atoms with Gasteiger partial charge in [0.15, 0.2) is 11.6 Å². The second-order valence-corrected chi connectivity index (χ2v) is 3.91. The average molecular weight is 267 g/mol. The lowest BCUT2D eigenvalue weighted by Gasteiger charge is -2.11. The van der Waals surface area contributed by atoms with Crippen molar-refractivity contribution in [2.45, 2.75) is 6.54 Å². The van der Waals surface area contributed by atoms with Gasteiger partial charge in [0.2, 0.25) is 0 Å². The summed E-state index contributed by atoms with van der Waals surface area (Å²) in [5.74, 6) is -2.53. The lowest BCUT2D eigenvalue weighted by atomic mass is 10.2. The average Bonchev–Trinajstić information content (AvgIpc) is 2.41. The largest absolute Gasteiger partial charge is 0.496 e. The van der Waals surface area contributed by atoms with Crippen molar-refractivity contribution in [2.24, 2.45) is 0 Å². The SMILES string of the molecule is COc1ccccc1CNc1cc(F)cc(F)c1F. The number of hydrogen-bond donors (Lipinski definition) is 1. The first-order valence-corrected chi connectivity index (χ1v) is 5.62. The quantitative estimate of drug-likeness (QED) is 0.852. The highest BCUT2D eigenvalue weighted by Crippen LogP contribution is 2.22. The molecule has 0 amide bonds. The lowest BCUT2D eigenvalue weighted by molar-refractivity contribution is 0.410. The molecule has 5 heteroatoms. The van der Waals surface area contributed by atoms with Gasteiger partial charge in [-0.1, -0.05) is 18.2 Å². The van der Waals surface area contributed by atoms with Crippen LogP contribution in [0.4, 0.5) is 18.9 Å². The molecule has 0 saturated carbocycles. The Morgan fingerprint density at radius 1 is 1.11 bits per heavy atom. The van der Waals surface area contributed by atoms with E-state index in [9.17, 15) is 13.2 Å². The molecule has 100 valence electrons. The minimum atomic E-state index is -1.22. The highest BCUT2D eigenvalue weighted by Gasteiger charge is 2.11. The van der Waals surface area contributed by atoms with Gasteiger partial charge in [0.1, 0.15) is 11.6 Å². The zero-order valence-electron chi connectivity index (χ0n) is 10.2. The molecule has 0 bridgehead atoms. The standard InChI is InChI=1S/C14H12F3NO/c1-19-13-5-3-2-4-9(13)8-18-12-7-10(15)6-11(16)14(12)17/h2-7,18H,8H2,1H3. The van der Waals surface area contributed by atoms with Gasteiger partial charge < -0.3 is 10.1 Å². The van der Waals surface area contributed by atoms with Crippen LogP contribution in [-0.2, 0) is 6.54 Å². The molecule has 0 saturated heterocycles. The Labute approximate surface area is 108 Å². The van der Waals surface area contributed by atoms with Crippen LogP contribution in [0, 0.1) is 17.5 Å². The van der Waals surface area contributed by atoms with E-state index < -0.39 is 17.5 Å². The number of benzene rings is 2. The van der Waals surface area contributed by atoms with Gasteiger partial charge in [-0.2, -0.15) is 0 Å². The number of para-hydroxylation sites is 1. The highest BCUT2D eigenvalue weighted by atomic mass is 19.2. The molecule has 0 aliphatic carbocycles. The van der Waals surface area contributed by atoms with Gasteiger partial charge in [-0.15, -0.1) is 0 Å². The molecule has 2 rings (SSSR count). The molecule has 0 radical (unpaired) electrons. The molecule has 0 fully saturated rings. The third-order valence-corrected chi connectivity index (χ3v) is 2.65. The molecular weight excluding hydrogens is 255 g/mol. The van der Waals surface area contributed by atoms with E-state index in [2.05, 4.69) is 5.32 Å². The van der Waals surface area contributed by atoms with Gasteiger partial charge in [-0.25, -0.2) is 13.2 Å². The highest BCUT2D eigenvalue weighted by molar-refractivity contribution is 5.47. The fraction of sp³-hybridized carbons (Fsp3) is 0.143. The molecule has 19 heavy (non-hydrogen) atoms. The normalized spacial score (nSPS) is 10.3. The smallest absolute Gasteiger partial charge is 0.182 e. The van der Waals surface area contributed by atoms with Crippen LogP contribution >= 0.6 is 0 Å². The lowest BCUT2D eigenvalue weighted by Crippen LogP contribution is -2.05. The fourth-order valence-electron chi connectivity index (χ4n) is 1.72. The zero-order chi connectivity index (χ0) is 13.8. The van der Waals surface area contributed by atoms with Crippen molar-refractivity contribution in [1.82, 2.24) is 0 Å². The maximum atomic E-state index is 13.4. The van der Waals surface area contributed by atoms with Gasteiger partial charge in [0.05, 0.1) is 12.8 Å². The van der Waals surface area contributed by atoms with E-state index in [4.69, 9.17) is 4.74 Å². The van der Waals surface area contributed by atoms with Crippen LogP contribution in [0.3, 0.4) is 0 Å². The third kappa shape index (κ3) is 2.99. The van der Waals surface area contributed by atoms with E-state index in [0.29, 0.717) is 11.8 Å². The summed E-state index contributed by atoms with van der Waals surface area (Å²) in [7, 11) is 1.52. The molecule has 0 spiro atoms. The van der Waals surface area contributed by atoms with E-state index in [1.165, 1.54) is 7.11 Å². The monoisotopic (exact) mass is 267 g/mol. The summed E-state index contributed by atoms with van der Waals surface area (Å²) in [4.78, 5) is 0. The van der Waals surface area contributed by atoms with Crippen molar-refractivity contribution >= 4 is 5.69 Å². The molecule has 0 aliphatic heterocycles. The summed E-state index contributed by atoms with van der Waals surface area (Å²) in [5.41, 5.74) is 0.539. The first-order chi connectivity index (χ1) is 9.11. The molecule has 1 N–H and O–H groups in total. The number of halogens is 3. The second kappa shape index (κ2) is 5.65. The molecule has 0 atom stereocenters. The van der Waals surface area contributed by atoms with Crippen molar-refractivity contribution in [3.63, 3.8) is 0 Å². The Kier molecular flexibility index (Phi) is 3.94. The van der Waals surface area contributed by atoms with Gasteiger partial charge in [0, 0.05) is 24.2 Å². The Balaban J connectivity index is 2.19. The minimum absolute atomic E-state index is 0.198. The Morgan fingerprint density at radius 3 is 2.58 bits per heavy atom. The van der Waals surface area contributed by atoms with Crippen molar-refractivity contribution in [3.05, 3.63) is 59.4 Å². The molecule has 0 heterocycles. The van der Waals surface area contributed by atoms with E-state index in [1.807, 2.05) is 0 Å². The number of nitrogens with one attached hydrogen (secondary N) is 1.